The molecule has 0 aliphatic rings. The fourth-order valence-electron chi connectivity index (χ4n) is 1.87. The molecule has 1 aromatic carbocycles. The zero-order valence-corrected chi connectivity index (χ0v) is 10.3. The Balaban J connectivity index is 2.52. The second kappa shape index (κ2) is 5.16. The Kier molecular flexibility index (Phi) is 4.14. The van der Waals surface area contributed by atoms with E-state index in [2.05, 4.69) is 70.2 Å². The summed E-state index contributed by atoms with van der Waals surface area (Å²) in [6.45, 7) is 9.16. The van der Waals surface area contributed by atoms with Crippen molar-refractivity contribution in [3.05, 3.63) is 42.0 Å². The summed E-state index contributed by atoms with van der Waals surface area (Å²) in [7, 11) is 0. The quantitative estimate of drug-likeness (QED) is 0.662. The van der Waals surface area contributed by atoms with Crippen LogP contribution >= 0.6 is 0 Å². The molecule has 1 unspecified atom stereocenters. The van der Waals surface area contributed by atoms with Crippen LogP contribution in [0.2, 0.25) is 0 Å². The summed E-state index contributed by atoms with van der Waals surface area (Å²) in [5.74, 6) is 0.644. The molecule has 0 heteroatoms. The van der Waals surface area contributed by atoms with Crippen molar-refractivity contribution in [2.75, 3.05) is 0 Å². The molecule has 1 atom stereocenters. The summed E-state index contributed by atoms with van der Waals surface area (Å²) in [6.07, 6.45) is 5.76. The summed E-state index contributed by atoms with van der Waals surface area (Å²) < 4.78 is 0. The summed E-state index contributed by atoms with van der Waals surface area (Å²) in [4.78, 5) is 0. The van der Waals surface area contributed by atoms with Gasteiger partial charge in [0.15, 0.2) is 0 Å². The maximum atomic E-state index is 2.31. The summed E-state index contributed by atoms with van der Waals surface area (Å²) in [5.41, 5.74) is 1.71. The first-order valence-corrected chi connectivity index (χ1v) is 5.71. The summed E-state index contributed by atoms with van der Waals surface area (Å²) >= 11 is 0. The van der Waals surface area contributed by atoms with Crippen LogP contribution in [0.4, 0.5) is 0 Å². The highest BCUT2D eigenvalue weighted by Crippen LogP contribution is 2.25. The average Bonchev–Trinajstić information content (AvgIpc) is 2.14. The fraction of sp³-hybridized carbons (Fsp3) is 0.467. The van der Waals surface area contributed by atoms with Gasteiger partial charge in [-0.1, -0.05) is 70.2 Å². The van der Waals surface area contributed by atoms with E-state index in [9.17, 15) is 0 Å². The topological polar surface area (TPSA) is 0 Å². The summed E-state index contributed by atoms with van der Waals surface area (Å²) in [5, 5.41) is 0. The van der Waals surface area contributed by atoms with Crippen molar-refractivity contribution in [1.29, 1.82) is 0 Å². The molecule has 0 amide bonds. The van der Waals surface area contributed by atoms with Gasteiger partial charge < -0.3 is 0 Å². The molecule has 0 N–H and O–H groups in total. The molecule has 0 fully saturated rings. The minimum atomic E-state index is 0.417. The van der Waals surface area contributed by atoms with Crippen molar-refractivity contribution in [3.63, 3.8) is 0 Å². The van der Waals surface area contributed by atoms with Crippen LogP contribution in [0.1, 0.15) is 39.7 Å². The van der Waals surface area contributed by atoms with Crippen LogP contribution in [-0.2, 0) is 0 Å². The molecule has 0 aliphatic carbocycles. The molecule has 82 valence electrons. The van der Waals surface area contributed by atoms with Gasteiger partial charge in [0.25, 0.3) is 0 Å². The Bertz CT molecular complexity index is 301. The first kappa shape index (κ1) is 12.0. The first-order valence-electron chi connectivity index (χ1n) is 5.71. The molecule has 15 heavy (non-hydrogen) atoms. The van der Waals surface area contributed by atoms with Crippen LogP contribution in [0.25, 0.3) is 6.08 Å². The normalized spacial score (nSPS) is 14.4. The van der Waals surface area contributed by atoms with E-state index in [-0.39, 0.29) is 0 Å². The standard InChI is InChI=1S/C15H22/c1-13(12-15(2,3)4)10-11-14-8-6-5-7-9-14/h5-11,13H,12H2,1-4H3. The zero-order chi connectivity index (χ0) is 11.3. The Morgan fingerprint density at radius 1 is 1.13 bits per heavy atom. The lowest BCUT2D eigenvalue weighted by Gasteiger charge is -2.21. The van der Waals surface area contributed by atoms with Crippen LogP contribution in [0.15, 0.2) is 36.4 Å². The third-order valence-electron chi connectivity index (χ3n) is 2.35. The second-order valence-electron chi connectivity index (χ2n) is 5.51. The largest absolute Gasteiger partial charge is 0.0811 e. The number of allylic oxidation sites excluding steroid dienone is 1. The van der Waals surface area contributed by atoms with Gasteiger partial charge in [0.2, 0.25) is 0 Å². The number of hydrogen-bond acceptors (Lipinski definition) is 0. The van der Waals surface area contributed by atoms with Gasteiger partial charge in [-0.2, -0.15) is 0 Å². The number of benzene rings is 1. The maximum Gasteiger partial charge on any atom is -0.0254 e. The third kappa shape index (κ3) is 5.41. The zero-order valence-electron chi connectivity index (χ0n) is 10.3. The van der Waals surface area contributed by atoms with Crippen LogP contribution in [0.3, 0.4) is 0 Å². The predicted molar refractivity (Wildman–Crippen MR) is 68.7 cm³/mol. The Morgan fingerprint density at radius 3 is 2.27 bits per heavy atom. The molecule has 0 nitrogen and oxygen atoms in total. The molecular formula is C15H22. The lowest BCUT2D eigenvalue weighted by Crippen LogP contribution is -2.09. The number of rotatable bonds is 3. The van der Waals surface area contributed by atoms with E-state index in [1.807, 2.05) is 0 Å². The van der Waals surface area contributed by atoms with Crippen molar-refractivity contribution >= 4 is 6.08 Å². The lowest BCUT2D eigenvalue weighted by atomic mass is 9.85. The average molecular weight is 202 g/mol. The molecular weight excluding hydrogens is 180 g/mol. The molecule has 0 bridgehead atoms. The molecule has 1 aromatic rings. The van der Waals surface area contributed by atoms with E-state index in [0.29, 0.717) is 11.3 Å². The first-order chi connectivity index (χ1) is 6.97. The van der Waals surface area contributed by atoms with Crippen LogP contribution < -0.4 is 0 Å². The second-order valence-corrected chi connectivity index (χ2v) is 5.51. The molecule has 0 spiro atoms. The Hall–Kier alpha value is -1.04. The van der Waals surface area contributed by atoms with Crippen molar-refractivity contribution in [2.24, 2.45) is 11.3 Å². The monoisotopic (exact) mass is 202 g/mol. The van der Waals surface area contributed by atoms with E-state index < -0.39 is 0 Å². The molecule has 0 saturated carbocycles. The van der Waals surface area contributed by atoms with Crippen LogP contribution in [-0.4, -0.2) is 0 Å². The van der Waals surface area contributed by atoms with Gasteiger partial charge in [-0.05, 0) is 23.3 Å². The van der Waals surface area contributed by atoms with Gasteiger partial charge in [-0.15, -0.1) is 0 Å². The van der Waals surface area contributed by atoms with Gasteiger partial charge in [0, 0.05) is 0 Å². The molecule has 0 heterocycles. The van der Waals surface area contributed by atoms with Gasteiger partial charge in [0.05, 0.1) is 0 Å². The van der Waals surface area contributed by atoms with Gasteiger partial charge in [-0.3, -0.25) is 0 Å². The highest BCUT2D eigenvalue weighted by molar-refractivity contribution is 5.48. The molecule has 0 aliphatic heterocycles. The summed E-state index contributed by atoms with van der Waals surface area (Å²) in [6, 6.07) is 10.5. The van der Waals surface area contributed by atoms with Gasteiger partial charge >= 0.3 is 0 Å². The van der Waals surface area contributed by atoms with E-state index >= 15 is 0 Å². The molecule has 0 aromatic heterocycles. The maximum absolute atomic E-state index is 2.31. The highest BCUT2D eigenvalue weighted by atomic mass is 14.2. The third-order valence-corrected chi connectivity index (χ3v) is 2.35. The van der Waals surface area contributed by atoms with E-state index in [0.717, 1.165) is 0 Å². The Labute approximate surface area is 94.0 Å². The highest BCUT2D eigenvalue weighted by Gasteiger charge is 2.12. The fourth-order valence-corrected chi connectivity index (χ4v) is 1.87. The van der Waals surface area contributed by atoms with Gasteiger partial charge in [-0.25, -0.2) is 0 Å². The minimum Gasteiger partial charge on any atom is -0.0811 e. The van der Waals surface area contributed by atoms with Crippen molar-refractivity contribution in [1.82, 2.24) is 0 Å². The lowest BCUT2D eigenvalue weighted by molar-refractivity contribution is 0.337. The van der Waals surface area contributed by atoms with E-state index in [4.69, 9.17) is 0 Å². The molecule has 0 saturated heterocycles. The van der Waals surface area contributed by atoms with Crippen molar-refractivity contribution in [3.8, 4) is 0 Å². The van der Waals surface area contributed by atoms with Gasteiger partial charge in [0.1, 0.15) is 0 Å². The van der Waals surface area contributed by atoms with Crippen LogP contribution in [0, 0.1) is 11.3 Å². The number of hydrogen-bond donors (Lipinski definition) is 0. The predicted octanol–water partition coefficient (Wildman–Crippen LogP) is 4.77. The SMILES string of the molecule is CC(C=Cc1ccccc1)CC(C)(C)C. The van der Waals surface area contributed by atoms with Crippen molar-refractivity contribution < 1.29 is 0 Å². The molecule has 1 rings (SSSR count). The smallest absolute Gasteiger partial charge is 0.0254 e. The van der Waals surface area contributed by atoms with E-state index in [1.165, 1.54) is 12.0 Å². The van der Waals surface area contributed by atoms with Crippen molar-refractivity contribution in [2.45, 2.75) is 34.1 Å². The Morgan fingerprint density at radius 2 is 1.73 bits per heavy atom. The molecule has 0 radical (unpaired) electrons. The minimum absolute atomic E-state index is 0.417. The van der Waals surface area contributed by atoms with Crippen LogP contribution in [0.5, 0.6) is 0 Å². The van der Waals surface area contributed by atoms with E-state index in [1.54, 1.807) is 0 Å².